The number of hydrogen-bond donors (Lipinski definition) is 3. The normalized spacial score (nSPS) is 15.9. The molecule has 4 aromatic rings. The van der Waals surface area contributed by atoms with Crippen molar-refractivity contribution in [1.29, 1.82) is 0 Å². The first kappa shape index (κ1) is 21.2. The van der Waals surface area contributed by atoms with E-state index in [2.05, 4.69) is 15.3 Å². The van der Waals surface area contributed by atoms with Crippen LogP contribution in [0.15, 0.2) is 41.2 Å². The standard InChI is InChI=1S/C23H18F4N4O2/c1-31(23(33)16-7-13-15(29-16)5-4-14(25)19(13)21(26)27)18-9-28-8-17-20(18)11-3-2-10(24)6-12(11)22(32)30-17/h2-7,18,21,28-29H,8-9H2,1H3,(H,30,32). The Balaban J connectivity index is 1.59. The van der Waals surface area contributed by atoms with Crippen LogP contribution in [0.5, 0.6) is 0 Å². The number of H-pyrrole nitrogens is 2. The van der Waals surface area contributed by atoms with Crippen LogP contribution in [0.4, 0.5) is 17.6 Å². The highest BCUT2D eigenvalue weighted by molar-refractivity contribution is 5.99. The molecule has 3 heterocycles. The van der Waals surface area contributed by atoms with Gasteiger partial charge in [-0.1, -0.05) is 6.07 Å². The second-order valence-electron chi connectivity index (χ2n) is 8.01. The van der Waals surface area contributed by atoms with Gasteiger partial charge in [0.15, 0.2) is 0 Å². The quantitative estimate of drug-likeness (QED) is 0.404. The summed E-state index contributed by atoms with van der Waals surface area (Å²) in [6.07, 6.45) is -3.04. The summed E-state index contributed by atoms with van der Waals surface area (Å²) < 4.78 is 54.5. The molecule has 1 unspecified atom stereocenters. The number of carbonyl (C=O) groups is 1. The van der Waals surface area contributed by atoms with E-state index in [0.29, 0.717) is 29.7 Å². The molecule has 170 valence electrons. The van der Waals surface area contributed by atoms with Gasteiger partial charge >= 0.3 is 0 Å². The van der Waals surface area contributed by atoms with Gasteiger partial charge in [0, 0.05) is 42.3 Å². The maximum atomic E-state index is 14.0. The molecule has 1 atom stereocenters. The summed E-state index contributed by atoms with van der Waals surface area (Å²) in [6.45, 7) is 0.713. The molecule has 10 heteroatoms. The molecular formula is C23H18F4N4O2. The molecular weight excluding hydrogens is 440 g/mol. The predicted octanol–water partition coefficient (Wildman–Crippen LogP) is 4.14. The van der Waals surface area contributed by atoms with Crippen LogP contribution in [0.3, 0.4) is 0 Å². The second kappa shape index (κ2) is 7.73. The lowest BCUT2D eigenvalue weighted by atomic mass is 9.94. The number of alkyl halides is 2. The van der Waals surface area contributed by atoms with Crippen LogP contribution in [-0.2, 0) is 6.54 Å². The molecule has 0 fully saturated rings. The highest BCUT2D eigenvalue weighted by atomic mass is 19.3. The van der Waals surface area contributed by atoms with Crippen molar-refractivity contribution in [1.82, 2.24) is 20.2 Å². The van der Waals surface area contributed by atoms with Crippen LogP contribution in [0.25, 0.3) is 21.7 Å². The van der Waals surface area contributed by atoms with Gasteiger partial charge in [-0.15, -0.1) is 0 Å². The third kappa shape index (κ3) is 3.37. The van der Waals surface area contributed by atoms with E-state index in [1.807, 2.05) is 0 Å². The van der Waals surface area contributed by atoms with Crippen LogP contribution < -0.4 is 10.9 Å². The molecule has 0 radical (unpaired) electrons. The predicted molar refractivity (Wildman–Crippen MR) is 114 cm³/mol. The first-order valence-electron chi connectivity index (χ1n) is 10.2. The highest BCUT2D eigenvalue weighted by Gasteiger charge is 2.31. The Bertz CT molecular complexity index is 1480. The molecule has 1 aliphatic heterocycles. The number of hydrogen-bond acceptors (Lipinski definition) is 3. The highest BCUT2D eigenvalue weighted by Crippen LogP contribution is 2.34. The fourth-order valence-electron chi connectivity index (χ4n) is 4.53. The number of nitrogens with zero attached hydrogens (tertiary/aromatic N) is 1. The average molecular weight is 458 g/mol. The van der Waals surface area contributed by atoms with Gasteiger partial charge in [-0.25, -0.2) is 17.6 Å². The molecule has 33 heavy (non-hydrogen) atoms. The summed E-state index contributed by atoms with van der Waals surface area (Å²) in [5, 5.41) is 3.78. The Hall–Kier alpha value is -3.66. The lowest BCUT2D eigenvalue weighted by Crippen LogP contribution is -2.42. The molecule has 0 aliphatic carbocycles. The van der Waals surface area contributed by atoms with Gasteiger partial charge in [0.25, 0.3) is 17.9 Å². The molecule has 1 aliphatic rings. The number of pyridine rings is 1. The second-order valence-corrected chi connectivity index (χ2v) is 8.01. The summed E-state index contributed by atoms with van der Waals surface area (Å²) in [6, 6.07) is 6.82. The van der Waals surface area contributed by atoms with Crippen LogP contribution >= 0.6 is 0 Å². The fraction of sp³-hybridized carbons (Fsp3) is 0.217. The molecule has 3 N–H and O–H groups in total. The first-order chi connectivity index (χ1) is 15.8. The number of carbonyl (C=O) groups excluding carboxylic acids is 1. The SMILES string of the molecule is CN(C(=O)c1cc2c(C(F)F)c(F)ccc2[nH]1)C1CNCc2[nH]c(=O)c3cc(F)ccc3c21. The number of benzene rings is 2. The topological polar surface area (TPSA) is 81.0 Å². The Labute approximate surface area is 184 Å². The van der Waals surface area contributed by atoms with Crippen LogP contribution in [-0.4, -0.2) is 34.4 Å². The van der Waals surface area contributed by atoms with Crippen molar-refractivity contribution in [3.05, 3.63) is 80.9 Å². The Kier molecular flexibility index (Phi) is 4.97. The monoisotopic (exact) mass is 458 g/mol. The van der Waals surface area contributed by atoms with Crippen molar-refractivity contribution in [3.8, 4) is 0 Å². The molecule has 2 aromatic heterocycles. The van der Waals surface area contributed by atoms with E-state index in [1.165, 1.54) is 29.2 Å². The Morgan fingerprint density at radius 3 is 2.61 bits per heavy atom. The largest absolute Gasteiger partial charge is 0.351 e. The third-order valence-corrected chi connectivity index (χ3v) is 6.11. The van der Waals surface area contributed by atoms with E-state index in [0.717, 1.165) is 12.1 Å². The number of rotatable bonds is 3. The number of aromatic nitrogens is 2. The number of amides is 1. The summed E-state index contributed by atoms with van der Waals surface area (Å²) in [7, 11) is 1.55. The molecule has 1 amide bonds. The van der Waals surface area contributed by atoms with E-state index in [4.69, 9.17) is 0 Å². The maximum Gasteiger partial charge on any atom is 0.270 e. The zero-order chi connectivity index (χ0) is 23.4. The van der Waals surface area contributed by atoms with Crippen molar-refractivity contribution in [2.75, 3.05) is 13.6 Å². The smallest absolute Gasteiger partial charge is 0.270 e. The van der Waals surface area contributed by atoms with Crippen LogP contribution in [0, 0.1) is 11.6 Å². The Morgan fingerprint density at radius 2 is 1.85 bits per heavy atom. The first-order valence-corrected chi connectivity index (χ1v) is 10.2. The average Bonchev–Trinajstić information content (AvgIpc) is 3.21. The molecule has 0 bridgehead atoms. The van der Waals surface area contributed by atoms with Gasteiger partial charge in [-0.05, 0) is 35.7 Å². The van der Waals surface area contributed by atoms with E-state index in [-0.39, 0.29) is 22.0 Å². The molecule has 0 saturated heterocycles. The minimum atomic E-state index is -3.04. The zero-order valence-electron chi connectivity index (χ0n) is 17.3. The van der Waals surface area contributed by atoms with E-state index >= 15 is 0 Å². The summed E-state index contributed by atoms with van der Waals surface area (Å²) in [5.41, 5.74) is 0.295. The van der Waals surface area contributed by atoms with Gasteiger partial charge in [0.1, 0.15) is 17.3 Å². The van der Waals surface area contributed by atoms with Crippen molar-refractivity contribution < 1.29 is 22.4 Å². The van der Waals surface area contributed by atoms with Gasteiger partial charge in [-0.2, -0.15) is 0 Å². The lowest BCUT2D eigenvalue weighted by Gasteiger charge is -2.34. The molecule has 5 rings (SSSR count). The van der Waals surface area contributed by atoms with Gasteiger partial charge in [0.05, 0.1) is 17.0 Å². The van der Waals surface area contributed by atoms with Crippen LogP contribution in [0.2, 0.25) is 0 Å². The van der Waals surface area contributed by atoms with Gasteiger partial charge in [0.2, 0.25) is 0 Å². The molecule has 6 nitrogen and oxygen atoms in total. The minimum absolute atomic E-state index is 0.0203. The number of aromatic amines is 2. The van der Waals surface area contributed by atoms with Crippen molar-refractivity contribution >= 4 is 27.6 Å². The number of nitrogens with one attached hydrogen (secondary N) is 3. The van der Waals surface area contributed by atoms with Crippen molar-refractivity contribution in [3.63, 3.8) is 0 Å². The molecule has 2 aromatic carbocycles. The summed E-state index contributed by atoms with van der Waals surface area (Å²) >= 11 is 0. The van der Waals surface area contributed by atoms with Gasteiger partial charge in [-0.3, -0.25) is 9.59 Å². The van der Waals surface area contributed by atoms with E-state index in [9.17, 15) is 27.2 Å². The summed E-state index contributed by atoms with van der Waals surface area (Å²) in [5.74, 6) is -2.10. The third-order valence-electron chi connectivity index (χ3n) is 6.11. The molecule has 0 spiro atoms. The maximum absolute atomic E-state index is 14.0. The van der Waals surface area contributed by atoms with Crippen molar-refractivity contribution in [2.24, 2.45) is 0 Å². The lowest BCUT2D eigenvalue weighted by molar-refractivity contribution is 0.0718. The minimum Gasteiger partial charge on any atom is -0.351 e. The van der Waals surface area contributed by atoms with E-state index in [1.54, 1.807) is 7.05 Å². The fourth-order valence-corrected chi connectivity index (χ4v) is 4.53. The zero-order valence-corrected chi connectivity index (χ0v) is 17.3. The molecule has 0 saturated carbocycles. The van der Waals surface area contributed by atoms with Gasteiger partial charge < -0.3 is 20.2 Å². The summed E-state index contributed by atoms with van der Waals surface area (Å²) in [4.78, 5) is 32.7. The van der Waals surface area contributed by atoms with Crippen molar-refractivity contribution in [2.45, 2.75) is 19.0 Å². The number of likely N-dealkylation sites (N-methyl/N-ethyl adjacent to an activating group) is 1. The number of halogens is 4. The Morgan fingerprint density at radius 1 is 1.06 bits per heavy atom. The van der Waals surface area contributed by atoms with Crippen LogP contribution in [0.1, 0.15) is 39.8 Å². The van der Waals surface area contributed by atoms with E-state index < -0.39 is 41.1 Å². The number of fused-ring (bicyclic) bond motifs is 4.